The molecule has 1 aliphatic carbocycles. The van der Waals surface area contributed by atoms with E-state index in [0.29, 0.717) is 47.0 Å². The number of halogens is 2. The fourth-order valence-electron chi connectivity index (χ4n) is 5.22. The highest BCUT2D eigenvalue weighted by Crippen LogP contribution is 2.42. The van der Waals surface area contributed by atoms with Crippen molar-refractivity contribution in [2.75, 3.05) is 31.1 Å². The van der Waals surface area contributed by atoms with Crippen LogP contribution >= 0.6 is 23.2 Å². The maximum Gasteiger partial charge on any atom is 0.251 e. The van der Waals surface area contributed by atoms with E-state index < -0.39 is 15.9 Å². The van der Waals surface area contributed by atoms with E-state index in [9.17, 15) is 18.0 Å². The molecule has 2 aliphatic rings. The SMILES string of the molecule is O=C(N[C@@H](CCCNC1C[C@H]1c1ccc(Cl)c(Cl)c1)C(=O)N1CCS(=O)(=O)CC1)c1ccc(-c2ccccc2)cc1. The van der Waals surface area contributed by atoms with Crippen molar-refractivity contribution in [1.82, 2.24) is 15.5 Å². The molecule has 3 aromatic rings. The van der Waals surface area contributed by atoms with Gasteiger partial charge in [-0.3, -0.25) is 9.59 Å². The lowest BCUT2D eigenvalue weighted by atomic mass is 10.0. The number of benzene rings is 3. The van der Waals surface area contributed by atoms with Gasteiger partial charge in [-0.2, -0.15) is 0 Å². The molecule has 2 N–H and O–H groups in total. The van der Waals surface area contributed by atoms with Gasteiger partial charge in [-0.1, -0.05) is 71.7 Å². The fraction of sp³-hybridized carbons (Fsp3) is 0.355. The summed E-state index contributed by atoms with van der Waals surface area (Å²) >= 11 is 12.2. The predicted octanol–water partition coefficient (Wildman–Crippen LogP) is 4.94. The van der Waals surface area contributed by atoms with Crippen LogP contribution < -0.4 is 10.6 Å². The smallest absolute Gasteiger partial charge is 0.251 e. The molecule has 1 saturated carbocycles. The number of carbonyl (C=O) groups is 2. The number of nitrogens with one attached hydrogen (secondary N) is 2. The first kappa shape index (κ1) is 29.6. The van der Waals surface area contributed by atoms with E-state index in [-0.39, 0.29) is 36.4 Å². The van der Waals surface area contributed by atoms with Gasteiger partial charge < -0.3 is 15.5 Å². The third kappa shape index (κ3) is 7.68. The number of sulfone groups is 1. The molecule has 41 heavy (non-hydrogen) atoms. The van der Waals surface area contributed by atoms with E-state index in [1.54, 1.807) is 17.0 Å². The zero-order valence-electron chi connectivity index (χ0n) is 22.6. The van der Waals surface area contributed by atoms with Gasteiger partial charge in [-0.25, -0.2) is 8.42 Å². The van der Waals surface area contributed by atoms with E-state index >= 15 is 0 Å². The van der Waals surface area contributed by atoms with Crippen molar-refractivity contribution < 1.29 is 18.0 Å². The molecule has 7 nitrogen and oxygen atoms in total. The van der Waals surface area contributed by atoms with Crippen molar-refractivity contribution in [2.45, 2.75) is 37.3 Å². The second kappa shape index (κ2) is 12.9. The summed E-state index contributed by atoms with van der Waals surface area (Å²) in [5, 5.41) is 7.55. The Morgan fingerprint density at radius 2 is 1.59 bits per heavy atom. The Morgan fingerprint density at radius 3 is 2.27 bits per heavy atom. The molecule has 1 heterocycles. The summed E-state index contributed by atoms with van der Waals surface area (Å²) in [4.78, 5) is 28.2. The summed E-state index contributed by atoms with van der Waals surface area (Å²) in [5.41, 5.74) is 3.66. The van der Waals surface area contributed by atoms with Crippen LogP contribution in [0.15, 0.2) is 72.8 Å². The molecule has 0 radical (unpaired) electrons. The van der Waals surface area contributed by atoms with Gasteiger partial charge >= 0.3 is 0 Å². The number of hydrogen-bond donors (Lipinski definition) is 2. The van der Waals surface area contributed by atoms with Crippen molar-refractivity contribution in [2.24, 2.45) is 0 Å². The first-order chi connectivity index (χ1) is 19.7. The third-order valence-electron chi connectivity index (χ3n) is 7.75. The zero-order valence-corrected chi connectivity index (χ0v) is 24.9. The van der Waals surface area contributed by atoms with Crippen LogP contribution in [0.25, 0.3) is 11.1 Å². The maximum absolute atomic E-state index is 13.4. The molecule has 2 amide bonds. The summed E-state index contributed by atoms with van der Waals surface area (Å²) in [6.45, 7) is 0.970. The van der Waals surface area contributed by atoms with Gasteiger partial charge in [0, 0.05) is 30.6 Å². The third-order valence-corrected chi connectivity index (χ3v) is 10.1. The van der Waals surface area contributed by atoms with Crippen molar-refractivity contribution in [1.29, 1.82) is 0 Å². The highest BCUT2D eigenvalue weighted by molar-refractivity contribution is 7.91. The first-order valence-electron chi connectivity index (χ1n) is 13.8. The van der Waals surface area contributed by atoms with Crippen LogP contribution in [-0.2, 0) is 14.6 Å². The van der Waals surface area contributed by atoms with E-state index in [1.165, 1.54) is 0 Å². The largest absolute Gasteiger partial charge is 0.340 e. The van der Waals surface area contributed by atoms with E-state index in [4.69, 9.17) is 23.2 Å². The second-order valence-corrected chi connectivity index (χ2v) is 13.8. The maximum atomic E-state index is 13.4. The fourth-order valence-corrected chi connectivity index (χ4v) is 6.73. The Kier molecular flexibility index (Phi) is 9.34. The van der Waals surface area contributed by atoms with Crippen molar-refractivity contribution in [3.8, 4) is 11.1 Å². The molecule has 0 bridgehead atoms. The standard InChI is InChI=1S/C31H33Cl2N3O4S/c32-26-13-12-24(19-27(26)33)25-20-29(25)34-14-4-7-28(31(38)36-15-17-41(39,40)18-16-36)35-30(37)23-10-8-22(9-11-23)21-5-2-1-3-6-21/h1-3,5-6,8-13,19,25,28-29,34H,4,7,14-18,20H2,(H,35,37)/t25-,28-,29?/m0/s1. The van der Waals surface area contributed by atoms with Crippen LogP contribution in [0.5, 0.6) is 0 Å². The van der Waals surface area contributed by atoms with Gasteiger partial charge in [-0.15, -0.1) is 0 Å². The van der Waals surface area contributed by atoms with Crippen molar-refractivity contribution in [3.63, 3.8) is 0 Å². The minimum atomic E-state index is -3.13. The monoisotopic (exact) mass is 613 g/mol. The quantitative estimate of drug-likeness (QED) is 0.316. The molecule has 2 fully saturated rings. The molecule has 5 rings (SSSR count). The van der Waals surface area contributed by atoms with Crippen molar-refractivity contribution in [3.05, 3.63) is 94.0 Å². The molecule has 0 aromatic heterocycles. The van der Waals surface area contributed by atoms with E-state index in [0.717, 1.165) is 23.1 Å². The van der Waals surface area contributed by atoms with Gasteiger partial charge in [0.1, 0.15) is 6.04 Å². The molecular weight excluding hydrogens is 581 g/mol. The number of hydrogen-bond acceptors (Lipinski definition) is 5. The molecule has 0 spiro atoms. The number of rotatable bonds is 10. The highest BCUT2D eigenvalue weighted by Gasteiger charge is 2.38. The molecule has 216 valence electrons. The summed E-state index contributed by atoms with van der Waals surface area (Å²) in [6, 6.07) is 22.5. The van der Waals surface area contributed by atoms with Gasteiger partial charge in [0.15, 0.2) is 9.84 Å². The lowest BCUT2D eigenvalue weighted by Crippen LogP contribution is -2.53. The summed E-state index contributed by atoms with van der Waals surface area (Å²) in [6.07, 6.45) is 2.10. The number of nitrogens with zero attached hydrogens (tertiary/aromatic N) is 1. The Balaban J connectivity index is 1.19. The lowest BCUT2D eigenvalue weighted by molar-refractivity contribution is -0.133. The molecule has 3 aromatic carbocycles. The number of carbonyl (C=O) groups excluding carboxylic acids is 2. The lowest BCUT2D eigenvalue weighted by Gasteiger charge is -2.30. The van der Waals surface area contributed by atoms with E-state index in [2.05, 4.69) is 10.6 Å². The van der Waals surface area contributed by atoms with Crippen LogP contribution in [0, 0.1) is 0 Å². The summed E-state index contributed by atoms with van der Waals surface area (Å²) in [5.74, 6) is -0.313. The van der Waals surface area contributed by atoms with Gasteiger partial charge in [0.25, 0.3) is 5.91 Å². The normalized spacial score (nSPS) is 20.3. The van der Waals surface area contributed by atoms with E-state index in [1.807, 2.05) is 60.7 Å². The molecule has 1 unspecified atom stereocenters. The Labute approximate surface area is 251 Å². The summed E-state index contributed by atoms with van der Waals surface area (Å²) < 4.78 is 23.8. The van der Waals surface area contributed by atoms with Gasteiger partial charge in [-0.05, 0) is 66.8 Å². The summed E-state index contributed by atoms with van der Waals surface area (Å²) in [7, 11) is -3.13. The molecule has 1 aliphatic heterocycles. The highest BCUT2D eigenvalue weighted by atomic mass is 35.5. The average Bonchev–Trinajstić information content (AvgIpc) is 3.76. The van der Waals surface area contributed by atoms with Crippen LogP contribution in [0.2, 0.25) is 10.0 Å². The average molecular weight is 615 g/mol. The minimum absolute atomic E-state index is 0.0559. The Bertz CT molecular complexity index is 1490. The Hall–Kier alpha value is -2.91. The second-order valence-electron chi connectivity index (χ2n) is 10.7. The van der Waals surface area contributed by atoms with Crippen LogP contribution in [0.1, 0.15) is 41.1 Å². The Morgan fingerprint density at radius 1 is 0.902 bits per heavy atom. The molecule has 1 saturated heterocycles. The van der Waals surface area contributed by atoms with Crippen LogP contribution in [0.3, 0.4) is 0 Å². The first-order valence-corrected chi connectivity index (χ1v) is 16.4. The van der Waals surface area contributed by atoms with Crippen LogP contribution in [0.4, 0.5) is 0 Å². The molecule has 3 atom stereocenters. The van der Waals surface area contributed by atoms with Crippen molar-refractivity contribution >= 4 is 44.9 Å². The topological polar surface area (TPSA) is 95.6 Å². The van der Waals surface area contributed by atoms with Gasteiger partial charge in [0.2, 0.25) is 5.91 Å². The number of amides is 2. The minimum Gasteiger partial charge on any atom is -0.340 e. The predicted molar refractivity (Wildman–Crippen MR) is 163 cm³/mol. The van der Waals surface area contributed by atoms with Gasteiger partial charge in [0.05, 0.1) is 21.6 Å². The van der Waals surface area contributed by atoms with Crippen LogP contribution in [-0.4, -0.2) is 68.4 Å². The molecule has 10 heteroatoms. The molecular formula is C31H33Cl2N3O4S. The zero-order chi connectivity index (χ0) is 29.0.